The maximum Gasteiger partial charge on any atom is 0.352 e. The Balaban J connectivity index is 1.20. The van der Waals surface area contributed by atoms with E-state index in [-0.39, 0.29) is 23.2 Å². The molecule has 10 heteroatoms. The maximum atomic E-state index is 14.0. The Labute approximate surface area is 248 Å². The van der Waals surface area contributed by atoms with Gasteiger partial charge < -0.3 is 20.7 Å². The summed E-state index contributed by atoms with van der Waals surface area (Å²) in [6, 6.07) is 10.8. The number of aliphatic carboxylic acids is 1. The van der Waals surface area contributed by atoms with Crippen LogP contribution in [0.15, 0.2) is 58.5 Å². The third-order valence-corrected chi connectivity index (χ3v) is 11.7. The predicted molar refractivity (Wildman–Crippen MR) is 158 cm³/mol. The first-order valence-corrected chi connectivity index (χ1v) is 15.9. The Morgan fingerprint density at radius 3 is 2.31 bits per heavy atom. The van der Waals surface area contributed by atoms with Gasteiger partial charge in [0.1, 0.15) is 23.2 Å². The molecule has 4 N–H and O–H groups in total. The van der Waals surface area contributed by atoms with E-state index in [2.05, 4.69) is 4.98 Å². The van der Waals surface area contributed by atoms with E-state index in [1.165, 1.54) is 40.8 Å². The Kier molecular flexibility index (Phi) is 6.62. The number of fused-ring (bicyclic) bond motifs is 1. The van der Waals surface area contributed by atoms with Crippen LogP contribution in [0.2, 0.25) is 0 Å². The molecule has 1 aromatic heterocycles. The van der Waals surface area contributed by atoms with Crippen LogP contribution in [0.5, 0.6) is 0 Å². The molecule has 2 aromatic rings. The number of carboxylic acids is 1. The van der Waals surface area contributed by atoms with Gasteiger partial charge in [-0.2, -0.15) is 0 Å². The van der Waals surface area contributed by atoms with Crippen molar-refractivity contribution in [2.24, 2.45) is 23.5 Å². The Morgan fingerprint density at radius 1 is 1.07 bits per heavy atom. The zero-order valence-corrected chi connectivity index (χ0v) is 24.4. The summed E-state index contributed by atoms with van der Waals surface area (Å²) in [5.74, 6) is 0.523. The summed E-state index contributed by atoms with van der Waals surface area (Å²) in [6.07, 6.45) is 7.29. The minimum Gasteiger partial charge on any atom is -0.477 e. The minimum atomic E-state index is -1.17. The van der Waals surface area contributed by atoms with Gasteiger partial charge in [-0.15, -0.1) is 11.8 Å². The number of nitrogens with zero attached hydrogens (tertiary/aromatic N) is 2. The van der Waals surface area contributed by atoms with Gasteiger partial charge in [-0.05, 0) is 86.5 Å². The van der Waals surface area contributed by atoms with Gasteiger partial charge >= 0.3 is 5.97 Å². The van der Waals surface area contributed by atoms with Crippen LogP contribution in [0.3, 0.4) is 0 Å². The molecule has 4 saturated carbocycles. The van der Waals surface area contributed by atoms with E-state index in [0.29, 0.717) is 22.5 Å². The van der Waals surface area contributed by atoms with Crippen LogP contribution in [0.25, 0.3) is 0 Å². The van der Waals surface area contributed by atoms with Crippen LogP contribution in [0.1, 0.15) is 68.3 Å². The first-order valence-electron chi connectivity index (χ1n) is 14.9. The molecular formula is C32H36N4O5S. The van der Waals surface area contributed by atoms with Crippen molar-refractivity contribution in [3.8, 4) is 0 Å². The third kappa shape index (κ3) is 4.33. The number of H-pyrrole nitrogens is 1. The second-order valence-electron chi connectivity index (χ2n) is 13.1. The number of carbonyl (C=O) groups excluding carboxylic acids is 2. The molecule has 3 atom stereocenters. The number of benzene rings is 1. The van der Waals surface area contributed by atoms with Gasteiger partial charge in [0.05, 0.1) is 6.54 Å². The van der Waals surface area contributed by atoms with Gasteiger partial charge in [0, 0.05) is 22.4 Å². The number of aromatic amines is 1. The Hall–Kier alpha value is -3.37. The number of thioether (sulfide) groups is 1. The molecule has 9 nitrogen and oxygen atoms in total. The molecule has 2 amide bonds. The molecule has 42 heavy (non-hydrogen) atoms. The zero-order chi connectivity index (χ0) is 29.3. The molecule has 0 radical (unpaired) electrons. The first kappa shape index (κ1) is 27.5. The average molecular weight is 589 g/mol. The summed E-state index contributed by atoms with van der Waals surface area (Å²) in [6.45, 7) is 1.61. The van der Waals surface area contributed by atoms with Gasteiger partial charge in [0.2, 0.25) is 5.91 Å². The number of β-lactam (4-membered cyclic amide) rings is 1. The van der Waals surface area contributed by atoms with Crippen molar-refractivity contribution < 1.29 is 19.5 Å². The van der Waals surface area contributed by atoms with Crippen molar-refractivity contribution in [1.82, 2.24) is 14.8 Å². The molecule has 2 aliphatic heterocycles. The quantitative estimate of drug-likeness (QED) is 0.421. The number of aromatic nitrogens is 1. The molecule has 4 bridgehead atoms. The lowest BCUT2D eigenvalue weighted by atomic mass is 9.49. The number of rotatable bonds is 7. The maximum absolute atomic E-state index is 14.0. The summed E-state index contributed by atoms with van der Waals surface area (Å²) in [7, 11) is 0. The number of nitrogens with two attached hydrogens (primary N) is 1. The molecule has 220 valence electrons. The smallest absolute Gasteiger partial charge is 0.352 e. The van der Waals surface area contributed by atoms with E-state index in [9.17, 15) is 24.3 Å². The van der Waals surface area contributed by atoms with Gasteiger partial charge in [0.25, 0.3) is 11.5 Å². The molecule has 1 aromatic carbocycles. The van der Waals surface area contributed by atoms with Crippen LogP contribution in [0, 0.1) is 17.8 Å². The Bertz CT molecular complexity index is 1520. The van der Waals surface area contributed by atoms with E-state index in [1.807, 2.05) is 18.2 Å². The van der Waals surface area contributed by atoms with E-state index in [1.54, 1.807) is 31.2 Å². The molecule has 6 aliphatic rings. The molecule has 5 fully saturated rings. The van der Waals surface area contributed by atoms with E-state index in [4.69, 9.17) is 5.73 Å². The van der Waals surface area contributed by atoms with Gasteiger partial charge in [0.15, 0.2) is 0 Å². The van der Waals surface area contributed by atoms with Crippen molar-refractivity contribution in [2.75, 3.05) is 5.75 Å². The first-order chi connectivity index (χ1) is 20.1. The fraction of sp³-hybridized carbons (Fsp3) is 0.500. The number of carboxylic acid groups (broad SMARTS) is 1. The van der Waals surface area contributed by atoms with Gasteiger partial charge in [-0.3, -0.25) is 19.3 Å². The average Bonchev–Trinajstić information content (AvgIpc) is 2.96. The topological polar surface area (TPSA) is 137 Å². The second-order valence-corrected chi connectivity index (χ2v) is 14.2. The molecule has 8 rings (SSSR count). The summed E-state index contributed by atoms with van der Waals surface area (Å²) < 4.78 is 0. The second kappa shape index (κ2) is 10.1. The number of pyridine rings is 1. The van der Waals surface area contributed by atoms with Crippen LogP contribution in [-0.4, -0.2) is 54.8 Å². The van der Waals surface area contributed by atoms with Crippen molar-refractivity contribution in [1.29, 1.82) is 0 Å². The molecule has 1 saturated heterocycles. The van der Waals surface area contributed by atoms with Gasteiger partial charge in [-0.25, -0.2) is 4.79 Å². The van der Waals surface area contributed by atoms with Crippen LogP contribution in [0.4, 0.5) is 0 Å². The number of amides is 2. The standard InChI is InChI=1S/C32H36N4O5S/c1-17-16-42-30-26(29(39)36(30)25(17)31(40)41)35(28(38)24(33)21-5-3-2-4-6-21)15-22-7-8-23(34-27(22)37)32-12-18-9-19(13-32)11-20(10-18)14-32/h2-8,18-20,24,26,30H,9-16,33H2,1H3,(H,34,37)(H,40,41)/t18?,19?,20?,24-,26-,30-,32?/m1/s1. The lowest BCUT2D eigenvalue weighted by Gasteiger charge is -2.56. The van der Waals surface area contributed by atoms with Crippen molar-refractivity contribution in [2.45, 2.75) is 74.9 Å². The number of nitrogens with one attached hydrogen (secondary N) is 1. The van der Waals surface area contributed by atoms with Crippen LogP contribution >= 0.6 is 11.8 Å². The number of hydrogen-bond acceptors (Lipinski definition) is 6. The van der Waals surface area contributed by atoms with Gasteiger partial charge in [-0.1, -0.05) is 30.3 Å². The molecular weight excluding hydrogens is 552 g/mol. The van der Waals surface area contributed by atoms with E-state index >= 15 is 0 Å². The third-order valence-electron chi connectivity index (χ3n) is 10.3. The zero-order valence-electron chi connectivity index (χ0n) is 23.6. The lowest BCUT2D eigenvalue weighted by Crippen LogP contribution is -2.71. The number of hydrogen-bond donors (Lipinski definition) is 3. The summed E-state index contributed by atoms with van der Waals surface area (Å²) in [5, 5.41) is 9.23. The monoisotopic (exact) mass is 588 g/mol. The molecule has 0 unspecified atom stereocenters. The largest absolute Gasteiger partial charge is 0.477 e. The highest BCUT2D eigenvalue weighted by molar-refractivity contribution is 8.00. The fourth-order valence-electron chi connectivity index (χ4n) is 8.77. The SMILES string of the molecule is CC1=C(C(=O)O)N2C(=O)[C@@H](N(Cc3ccc(C45CC6CC(CC(C6)C4)C5)[nH]c3=O)C(=O)[C@H](N)c3ccccc3)[C@H]2SC1. The van der Waals surface area contributed by atoms with Crippen molar-refractivity contribution in [3.63, 3.8) is 0 Å². The predicted octanol–water partition coefficient (Wildman–Crippen LogP) is 3.51. The minimum absolute atomic E-state index is 0.0260. The normalized spacial score (nSPS) is 31.9. The highest BCUT2D eigenvalue weighted by Crippen LogP contribution is 2.60. The Morgan fingerprint density at radius 2 is 1.71 bits per heavy atom. The van der Waals surface area contributed by atoms with Crippen LogP contribution in [-0.2, 0) is 26.3 Å². The summed E-state index contributed by atoms with van der Waals surface area (Å²) >= 11 is 1.42. The number of carbonyl (C=O) groups is 3. The molecule has 3 heterocycles. The van der Waals surface area contributed by atoms with Crippen molar-refractivity contribution in [3.05, 3.63) is 80.9 Å². The van der Waals surface area contributed by atoms with E-state index in [0.717, 1.165) is 42.7 Å². The summed E-state index contributed by atoms with van der Waals surface area (Å²) in [4.78, 5) is 59.0. The van der Waals surface area contributed by atoms with Crippen molar-refractivity contribution >= 4 is 29.5 Å². The summed E-state index contributed by atoms with van der Waals surface area (Å²) in [5.41, 5.74) is 8.76. The lowest BCUT2D eigenvalue weighted by molar-refractivity contribution is -0.161. The molecule has 0 spiro atoms. The van der Waals surface area contributed by atoms with Crippen LogP contribution < -0.4 is 11.3 Å². The highest BCUT2D eigenvalue weighted by atomic mass is 32.2. The fourth-order valence-corrected chi connectivity index (χ4v) is 10.1. The molecule has 4 aliphatic carbocycles. The van der Waals surface area contributed by atoms with E-state index < -0.39 is 35.2 Å². The highest BCUT2D eigenvalue weighted by Gasteiger charge is 2.57.